The van der Waals surface area contributed by atoms with Gasteiger partial charge in [-0.05, 0) is 26.0 Å². The van der Waals surface area contributed by atoms with E-state index in [1.54, 1.807) is 6.92 Å². The van der Waals surface area contributed by atoms with Crippen LogP contribution >= 0.6 is 11.8 Å². The molecule has 1 saturated carbocycles. The van der Waals surface area contributed by atoms with Crippen molar-refractivity contribution in [1.29, 1.82) is 0 Å². The molecule has 0 heterocycles. The smallest absolute Gasteiger partial charge is 0.309 e. The summed E-state index contributed by atoms with van der Waals surface area (Å²) in [6.07, 6.45) is 3.77. The molecule has 3 N–H and O–H groups in total. The van der Waals surface area contributed by atoms with E-state index in [0.29, 0.717) is 5.75 Å². The van der Waals surface area contributed by atoms with E-state index < -0.39 is 17.4 Å². The lowest BCUT2D eigenvalue weighted by Gasteiger charge is -2.22. The first kappa shape index (κ1) is 13.3. The Morgan fingerprint density at radius 3 is 2.56 bits per heavy atom. The molecule has 1 rings (SSSR count). The number of carbonyl (C=O) groups is 2. The third-order valence-corrected chi connectivity index (χ3v) is 3.11. The Bertz CT molecular complexity index is 277. The highest BCUT2D eigenvalue weighted by molar-refractivity contribution is 7.98. The second-order valence-electron chi connectivity index (χ2n) is 4.36. The van der Waals surface area contributed by atoms with Gasteiger partial charge in [-0.1, -0.05) is 0 Å². The molecule has 0 aromatic heterocycles. The zero-order valence-corrected chi connectivity index (χ0v) is 10.4. The maximum Gasteiger partial charge on any atom is 0.309 e. The summed E-state index contributed by atoms with van der Waals surface area (Å²) in [5, 5.41) is 14.8. The van der Waals surface area contributed by atoms with Gasteiger partial charge >= 0.3 is 11.8 Å². The second-order valence-corrected chi connectivity index (χ2v) is 5.23. The molecule has 1 atom stereocenters. The SMILES string of the molecule is CSCC(C)(O)CNC(=O)C(=O)NC1CC1. The number of hydrogen-bond donors (Lipinski definition) is 3. The molecule has 16 heavy (non-hydrogen) atoms. The maximum atomic E-state index is 11.3. The molecule has 1 aliphatic rings. The van der Waals surface area contributed by atoms with Gasteiger partial charge in [0.15, 0.2) is 0 Å². The molecule has 92 valence electrons. The summed E-state index contributed by atoms with van der Waals surface area (Å²) in [6, 6.07) is 0.171. The van der Waals surface area contributed by atoms with Crippen LogP contribution in [-0.2, 0) is 9.59 Å². The van der Waals surface area contributed by atoms with E-state index in [4.69, 9.17) is 0 Å². The summed E-state index contributed by atoms with van der Waals surface area (Å²) in [6.45, 7) is 1.72. The number of rotatable bonds is 5. The van der Waals surface area contributed by atoms with Crippen molar-refractivity contribution >= 4 is 23.6 Å². The zero-order valence-electron chi connectivity index (χ0n) is 9.58. The summed E-state index contributed by atoms with van der Waals surface area (Å²) in [5.74, 6) is -0.770. The first-order valence-electron chi connectivity index (χ1n) is 5.24. The molecule has 0 aromatic carbocycles. The van der Waals surface area contributed by atoms with Gasteiger partial charge in [-0.2, -0.15) is 11.8 Å². The summed E-state index contributed by atoms with van der Waals surface area (Å²) in [4.78, 5) is 22.6. The molecule has 0 saturated heterocycles. The highest BCUT2D eigenvalue weighted by Crippen LogP contribution is 2.18. The van der Waals surface area contributed by atoms with Crippen LogP contribution in [0.2, 0.25) is 0 Å². The number of aliphatic hydroxyl groups is 1. The van der Waals surface area contributed by atoms with Crippen molar-refractivity contribution in [3.8, 4) is 0 Å². The van der Waals surface area contributed by atoms with Crippen molar-refractivity contribution in [1.82, 2.24) is 10.6 Å². The van der Waals surface area contributed by atoms with Gasteiger partial charge in [-0.25, -0.2) is 0 Å². The Kier molecular flexibility index (Phi) is 4.61. The number of thioether (sulfide) groups is 1. The van der Waals surface area contributed by atoms with Crippen LogP contribution in [0.3, 0.4) is 0 Å². The van der Waals surface area contributed by atoms with Crippen molar-refractivity contribution in [2.45, 2.75) is 31.4 Å². The molecule has 6 heteroatoms. The van der Waals surface area contributed by atoms with E-state index in [-0.39, 0.29) is 12.6 Å². The van der Waals surface area contributed by atoms with Gasteiger partial charge in [-0.3, -0.25) is 9.59 Å². The monoisotopic (exact) mass is 246 g/mol. The molecule has 0 aliphatic heterocycles. The van der Waals surface area contributed by atoms with E-state index in [9.17, 15) is 14.7 Å². The molecular weight excluding hydrogens is 228 g/mol. The van der Waals surface area contributed by atoms with Crippen LogP contribution in [0, 0.1) is 0 Å². The minimum atomic E-state index is -0.977. The number of carbonyl (C=O) groups excluding carboxylic acids is 2. The van der Waals surface area contributed by atoms with Crippen LogP contribution in [0.4, 0.5) is 0 Å². The highest BCUT2D eigenvalue weighted by atomic mass is 32.2. The van der Waals surface area contributed by atoms with Gasteiger partial charge in [0.25, 0.3) is 0 Å². The van der Waals surface area contributed by atoms with Crippen molar-refractivity contribution in [3.05, 3.63) is 0 Å². The molecule has 0 bridgehead atoms. The average molecular weight is 246 g/mol. The summed E-state index contributed by atoms with van der Waals surface area (Å²) in [5.41, 5.74) is -0.977. The average Bonchev–Trinajstić information content (AvgIpc) is 2.98. The fourth-order valence-electron chi connectivity index (χ4n) is 1.19. The second kappa shape index (κ2) is 5.54. The van der Waals surface area contributed by atoms with Crippen LogP contribution in [-0.4, -0.2) is 47.1 Å². The molecule has 1 unspecified atom stereocenters. The number of nitrogens with one attached hydrogen (secondary N) is 2. The van der Waals surface area contributed by atoms with Crippen molar-refractivity contribution in [2.24, 2.45) is 0 Å². The molecule has 0 aromatic rings. The minimum Gasteiger partial charge on any atom is -0.387 e. The lowest BCUT2D eigenvalue weighted by molar-refractivity contribution is -0.139. The lowest BCUT2D eigenvalue weighted by atomic mass is 10.1. The highest BCUT2D eigenvalue weighted by Gasteiger charge is 2.27. The third-order valence-electron chi connectivity index (χ3n) is 2.20. The standard InChI is InChI=1S/C10H18N2O3S/c1-10(15,6-16-2)5-11-8(13)9(14)12-7-3-4-7/h7,15H,3-6H2,1-2H3,(H,11,13)(H,12,14). The Balaban J connectivity index is 2.24. The number of amides is 2. The van der Waals surface area contributed by atoms with E-state index in [2.05, 4.69) is 10.6 Å². The maximum absolute atomic E-state index is 11.3. The van der Waals surface area contributed by atoms with Gasteiger partial charge in [-0.15, -0.1) is 0 Å². The Labute approximate surface area is 99.4 Å². The minimum absolute atomic E-state index is 0.0881. The van der Waals surface area contributed by atoms with Crippen LogP contribution < -0.4 is 10.6 Å². The van der Waals surface area contributed by atoms with E-state index in [1.807, 2.05) is 6.26 Å². The lowest BCUT2D eigenvalue weighted by Crippen LogP contribution is -2.47. The third kappa shape index (κ3) is 4.85. The quantitative estimate of drug-likeness (QED) is 0.571. The predicted octanol–water partition coefficient (Wildman–Crippen LogP) is -0.505. The van der Waals surface area contributed by atoms with E-state index in [1.165, 1.54) is 11.8 Å². The molecule has 2 amide bonds. The Hall–Kier alpha value is -0.750. The predicted molar refractivity (Wildman–Crippen MR) is 63.2 cm³/mol. The van der Waals surface area contributed by atoms with Gasteiger partial charge in [0.05, 0.1) is 5.60 Å². The first-order chi connectivity index (χ1) is 7.44. The zero-order chi connectivity index (χ0) is 12.2. The van der Waals surface area contributed by atoms with Crippen molar-refractivity contribution in [3.63, 3.8) is 0 Å². The van der Waals surface area contributed by atoms with Gasteiger partial charge < -0.3 is 15.7 Å². The summed E-state index contributed by atoms with van der Waals surface area (Å²) >= 11 is 1.49. The Morgan fingerprint density at radius 1 is 1.44 bits per heavy atom. The van der Waals surface area contributed by atoms with Gasteiger partial charge in [0, 0.05) is 18.3 Å². The molecule has 1 fully saturated rings. The topological polar surface area (TPSA) is 78.4 Å². The molecular formula is C10H18N2O3S. The Morgan fingerprint density at radius 2 is 2.06 bits per heavy atom. The largest absolute Gasteiger partial charge is 0.387 e. The fraction of sp³-hybridized carbons (Fsp3) is 0.800. The summed E-state index contributed by atoms with van der Waals surface area (Å²) in [7, 11) is 0. The normalized spacial score (nSPS) is 18.7. The molecule has 1 aliphatic carbocycles. The van der Waals surface area contributed by atoms with Crippen LogP contribution in [0.25, 0.3) is 0 Å². The molecule has 0 spiro atoms. The number of hydrogen-bond acceptors (Lipinski definition) is 4. The van der Waals surface area contributed by atoms with Gasteiger partial charge in [0.2, 0.25) is 0 Å². The first-order valence-corrected chi connectivity index (χ1v) is 6.64. The molecule has 5 nitrogen and oxygen atoms in total. The summed E-state index contributed by atoms with van der Waals surface area (Å²) < 4.78 is 0. The fourth-order valence-corrected chi connectivity index (χ4v) is 1.92. The van der Waals surface area contributed by atoms with Crippen molar-refractivity contribution in [2.75, 3.05) is 18.6 Å². The molecule has 0 radical (unpaired) electrons. The van der Waals surface area contributed by atoms with Crippen LogP contribution in [0.15, 0.2) is 0 Å². The van der Waals surface area contributed by atoms with Gasteiger partial charge in [0.1, 0.15) is 0 Å². The van der Waals surface area contributed by atoms with E-state index >= 15 is 0 Å². The van der Waals surface area contributed by atoms with Crippen LogP contribution in [0.5, 0.6) is 0 Å². The van der Waals surface area contributed by atoms with Crippen molar-refractivity contribution < 1.29 is 14.7 Å². The van der Waals surface area contributed by atoms with E-state index in [0.717, 1.165) is 12.8 Å². The van der Waals surface area contributed by atoms with Crippen LogP contribution in [0.1, 0.15) is 19.8 Å².